The Hall–Kier alpha value is -4.67. The van der Waals surface area contributed by atoms with Gasteiger partial charge in [-0.05, 0) is 49.1 Å². The summed E-state index contributed by atoms with van der Waals surface area (Å²) in [5.41, 5.74) is 4.57. The molecule has 0 bridgehead atoms. The molecular weight excluding hydrogens is 519 g/mol. The SMILES string of the molecule is CCc1c(C(F)(F)F)cc(NC(=O)c2ccc3c(c2)NCC3)c(Cc2cnc3cnccn23)c1-n1cnc(C)c1. The van der Waals surface area contributed by atoms with Gasteiger partial charge in [0, 0.05) is 65.9 Å². The van der Waals surface area contributed by atoms with Crippen LogP contribution in [-0.2, 0) is 25.4 Å². The van der Waals surface area contributed by atoms with E-state index in [0.717, 1.165) is 36.0 Å². The van der Waals surface area contributed by atoms with Crippen molar-refractivity contribution in [3.05, 3.63) is 101 Å². The zero-order valence-electron chi connectivity index (χ0n) is 21.9. The summed E-state index contributed by atoms with van der Waals surface area (Å²) in [5.74, 6) is -0.495. The van der Waals surface area contributed by atoms with Gasteiger partial charge in [-0.25, -0.2) is 9.97 Å². The van der Waals surface area contributed by atoms with Crippen molar-refractivity contribution in [2.24, 2.45) is 0 Å². The maximum Gasteiger partial charge on any atom is 0.416 e. The highest BCUT2D eigenvalue weighted by Crippen LogP contribution is 2.41. The molecule has 204 valence electrons. The van der Waals surface area contributed by atoms with Crippen molar-refractivity contribution in [2.75, 3.05) is 17.2 Å². The normalized spacial score (nSPS) is 12.9. The molecular formula is C29H26F3N7O. The number of amides is 1. The van der Waals surface area contributed by atoms with E-state index < -0.39 is 17.6 Å². The number of carbonyl (C=O) groups excluding carboxylic acids is 1. The first-order valence-electron chi connectivity index (χ1n) is 12.9. The lowest BCUT2D eigenvalue weighted by Gasteiger charge is -2.24. The second kappa shape index (κ2) is 9.82. The number of rotatable bonds is 6. The average Bonchev–Trinajstić information content (AvgIpc) is 3.68. The molecule has 6 rings (SSSR count). The van der Waals surface area contributed by atoms with Gasteiger partial charge in [0.25, 0.3) is 5.91 Å². The molecule has 0 aliphatic carbocycles. The van der Waals surface area contributed by atoms with Gasteiger partial charge in [-0.3, -0.25) is 9.78 Å². The summed E-state index contributed by atoms with van der Waals surface area (Å²) in [4.78, 5) is 26.3. The van der Waals surface area contributed by atoms with Crippen LogP contribution in [0.1, 0.15) is 50.9 Å². The van der Waals surface area contributed by atoms with E-state index in [4.69, 9.17) is 0 Å². The van der Waals surface area contributed by atoms with Gasteiger partial charge in [0.05, 0.1) is 29.5 Å². The molecule has 0 saturated carbocycles. The largest absolute Gasteiger partial charge is 0.416 e. The van der Waals surface area contributed by atoms with Crippen molar-refractivity contribution < 1.29 is 18.0 Å². The number of nitrogens with zero attached hydrogens (tertiary/aromatic N) is 5. The smallest absolute Gasteiger partial charge is 0.384 e. The molecule has 0 spiro atoms. The molecule has 40 heavy (non-hydrogen) atoms. The minimum atomic E-state index is -4.64. The Morgan fingerprint density at radius 2 is 2.00 bits per heavy atom. The molecule has 3 aromatic heterocycles. The topological polar surface area (TPSA) is 89.1 Å². The van der Waals surface area contributed by atoms with E-state index in [0.29, 0.717) is 28.2 Å². The van der Waals surface area contributed by atoms with Crippen LogP contribution in [0.4, 0.5) is 24.5 Å². The van der Waals surface area contributed by atoms with Gasteiger partial charge in [0.1, 0.15) is 0 Å². The number of nitrogens with one attached hydrogen (secondary N) is 2. The molecule has 5 aromatic rings. The summed E-state index contributed by atoms with van der Waals surface area (Å²) in [7, 11) is 0. The van der Waals surface area contributed by atoms with Crippen LogP contribution >= 0.6 is 0 Å². The molecule has 8 nitrogen and oxygen atoms in total. The van der Waals surface area contributed by atoms with Crippen LogP contribution in [0.5, 0.6) is 0 Å². The second-order valence-corrected chi connectivity index (χ2v) is 9.78. The van der Waals surface area contributed by atoms with Crippen molar-refractivity contribution in [2.45, 2.75) is 39.3 Å². The number of aryl methyl sites for hydroxylation is 1. The molecule has 0 saturated heterocycles. The Balaban J connectivity index is 1.55. The average molecular weight is 546 g/mol. The maximum absolute atomic E-state index is 14.5. The maximum atomic E-state index is 14.5. The molecule has 1 aliphatic heterocycles. The van der Waals surface area contributed by atoms with Gasteiger partial charge in [0.15, 0.2) is 5.65 Å². The Morgan fingerprint density at radius 3 is 2.75 bits per heavy atom. The molecule has 2 N–H and O–H groups in total. The first kappa shape index (κ1) is 25.6. The third-order valence-corrected chi connectivity index (χ3v) is 7.22. The van der Waals surface area contributed by atoms with Gasteiger partial charge in [-0.2, -0.15) is 13.2 Å². The van der Waals surface area contributed by atoms with Crippen molar-refractivity contribution in [3.8, 4) is 5.69 Å². The van der Waals surface area contributed by atoms with Crippen LogP contribution in [0.2, 0.25) is 0 Å². The van der Waals surface area contributed by atoms with Crippen molar-refractivity contribution in [1.29, 1.82) is 0 Å². The van der Waals surface area contributed by atoms with Crippen LogP contribution < -0.4 is 10.6 Å². The molecule has 1 aliphatic rings. The van der Waals surface area contributed by atoms with Crippen LogP contribution in [-0.4, -0.2) is 36.4 Å². The number of imidazole rings is 2. The molecule has 11 heteroatoms. The van der Waals surface area contributed by atoms with Gasteiger partial charge in [0.2, 0.25) is 0 Å². The zero-order chi connectivity index (χ0) is 28.0. The third kappa shape index (κ3) is 4.57. The number of alkyl halides is 3. The standard InChI is InChI=1S/C29H26F3N7O/c1-3-21-23(29(30,31)32)12-25(37-28(40)19-5-4-18-6-7-34-24(18)10-19)22(27(21)38-15-17(2)36-16-38)11-20-13-35-26-14-33-8-9-39(20)26/h4-5,8-10,12-16,34H,3,6-7,11H2,1-2H3,(H,37,40). The number of anilines is 2. The second-order valence-electron chi connectivity index (χ2n) is 9.78. The van der Waals surface area contributed by atoms with Crippen LogP contribution in [0.25, 0.3) is 11.3 Å². The predicted octanol–water partition coefficient (Wildman–Crippen LogP) is 5.62. The number of benzene rings is 2. The number of hydrogen-bond acceptors (Lipinski definition) is 5. The summed E-state index contributed by atoms with van der Waals surface area (Å²) in [5, 5.41) is 6.06. The van der Waals surface area contributed by atoms with E-state index in [1.807, 2.05) is 10.5 Å². The molecule has 0 fully saturated rings. The fourth-order valence-electron chi connectivity index (χ4n) is 5.35. The zero-order valence-corrected chi connectivity index (χ0v) is 21.9. The quantitative estimate of drug-likeness (QED) is 0.289. The van der Waals surface area contributed by atoms with Crippen molar-refractivity contribution in [1.82, 2.24) is 23.9 Å². The first-order chi connectivity index (χ1) is 19.2. The predicted molar refractivity (Wildman–Crippen MR) is 145 cm³/mol. The van der Waals surface area contributed by atoms with E-state index in [1.54, 1.807) is 61.5 Å². The number of hydrogen-bond donors (Lipinski definition) is 2. The van der Waals surface area contributed by atoms with Gasteiger partial charge in [-0.15, -0.1) is 0 Å². The highest BCUT2D eigenvalue weighted by atomic mass is 19.4. The van der Waals surface area contributed by atoms with Crippen LogP contribution in [0.15, 0.2) is 61.6 Å². The molecule has 4 heterocycles. The number of aromatic nitrogens is 5. The summed E-state index contributed by atoms with van der Waals surface area (Å²) >= 11 is 0. The van der Waals surface area contributed by atoms with Crippen molar-refractivity contribution >= 4 is 22.9 Å². The summed E-state index contributed by atoms with van der Waals surface area (Å²) in [6, 6.07) is 6.36. The van der Waals surface area contributed by atoms with Crippen molar-refractivity contribution in [3.63, 3.8) is 0 Å². The summed E-state index contributed by atoms with van der Waals surface area (Å²) < 4.78 is 46.9. The van der Waals surface area contributed by atoms with E-state index in [1.165, 1.54) is 6.33 Å². The Labute approximate surface area is 227 Å². The van der Waals surface area contributed by atoms with E-state index in [-0.39, 0.29) is 24.1 Å². The fourth-order valence-corrected chi connectivity index (χ4v) is 5.35. The van der Waals surface area contributed by atoms with Crippen LogP contribution in [0.3, 0.4) is 0 Å². The fraction of sp³-hybridized carbons (Fsp3) is 0.241. The molecule has 0 atom stereocenters. The first-order valence-corrected chi connectivity index (χ1v) is 12.9. The Morgan fingerprint density at radius 1 is 1.15 bits per heavy atom. The number of fused-ring (bicyclic) bond motifs is 2. The number of carbonyl (C=O) groups is 1. The Bertz CT molecular complexity index is 1750. The summed E-state index contributed by atoms with van der Waals surface area (Å²) in [6.07, 6.45) is 6.38. The molecule has 1 amide bonds. The highest BCUT2D eigenvalue weighted by Gasteiger charge is 2.36. The third-order valence-electron chi connectivity index (χ3n) is 7.22. The molecule has 0 radical (unpaired) electrons. The number of halogens is 3. The lowest BCUT2D eigenvalue weighted by atomic mass is 9.93. The summed E-state index contributed by atoms with van der Waals surface area (Å²) in [6.45, 7) is 4.25. The molecule has 0 unspecified atom stereocenters. The highest BCUT2D eigenvalue weighted by molar-refractivity contribution is 6.05. The van der Waals surface area contributed by atoms with E-state index in [2.05, 4.69) is 25.6 Å². The lowest BCUT2D eigenvalue weighted by molar-refractivity contribution is -0.138. The van der Waals surface area contributed by atoms with Crippen LogP contribution in [0, 0.1) is 6.92 Å². The minimum Gasteiger partial charge on any atom is -0.384 e. The van der Waals surface area contributed by atoms with Gasteiger partial charge >= 0.3 is 6.18 Å². The molecule has 2 aromatic carbocycles. The van der Waals surface area contributed by atoms with E-state index >= 15 is 0 Å². The minimum absolute atomic E-state index is 0.0772. The monoisotopic (exact) mass is 545 g/mol. The van der Waals surface area contributed by atoms with E-state index in [9.17, 15) is 18.0 Å². The lowest BCUT2D eigenvalue weighted by Crippen LogP contribution is -2.19. The Kier molecular flexibility index (Phi) is 6.28. The van der Waals surface area contributed by atoms with Gasteiger partial charge in [-0.1, -0.05) is 13.0 Å². The van der Waals surface area contributed by atoms with Gasteiger partial charge < -0.3 is 19.6 Å².